The first-order valence-corrected chi connectivity index (χ1v) is 10.5. The number of hydrogen-bond donors (Lipinski definition) is 0. The number of alkyl halides is 1. The third-order valence-corrected chi connectivity index (χ3v) is 7.68. The molecule has 2 atom stereocenters. The molecule has 3 rings (SSSR count). The number of amidine groups is 1. The molecule has 0 aliphatic carbocycles. The van der Waals surface area contributed by atoms with E-state index in [1.807, 2.05) is 36.9 Å². The number of benzene rings is 1. The number of hydrogen-bond acceptors (Lipinski definition) is 4. The van der Waals surface area contributed by atoms with Crippen molar-refractivity contribution >= 4 is 50.0 Å². The molecule has 1 amide bonds. The summed E-state index contributed by atoms with van der Waals surface area (Å²) in [4.78, 5) is 17.7. The second-order valence-corrected chi connectivity index (χ2v) is 9.44. The standard InChI is InChI=1S/C15H17ClN2O3S2/c1-9-4-3-5-11(10(9)2)18-12-7-23(20,21)8-13(12)22-15(18)17-14(19)6-16/h3-5,12-13H,6-8H2,1-2H3/t12-,13-/m0/s1. The van der Waals surface area contributed by atoms with Crippen LogP contribution in [0, 0.1) is 13.8 Å². The molecule has 5 nitrogen and oxygen atoms in total. The molecule has 2 saturated heterocycles. The van der Waals surface area contributed by atoms with Gasteiger partial charge in [-0.25, -0.2) is 8.42 Å². The van der Waals surface area contributed by atoms with E-state index >= 15 is 0 Å². The molecular weight excluding hydrogens is 356 g/mol. The van der Waals surface area contributed by atoms with Crippen molar-refractivity contribution in [3.63, 3.8) is 0 Å². The summed E-state index contributed by atoms with van der Waals surface area (Å²) in [6, 6.07) is 5.69. The fourth-order valence-corrected chi connectivity index (χ4v) is 6.96. The van der Waals surface area contributed by atoms with Crippen molar-refractivity contribution in [3.8, 4) is 0 Å². The van der Waals surface area contributed by atoms with Crippen LogP contribution in [0.15, 0.2) is 23.2 Å². The smallest absolute Gasteiger partial charge is 0.262 e. The highest BCUT2D eigenvalue weighted by atomic mass is 35.5. The molecule has 0 saturated carbocycles. The maximum Gasteiger partial charge on any atom is 0.262 e. The van der Waals surface area contributed by atoms with Crippen LogP contribution in [0.25, 0.3) is 0 Å². The summed E-state index contributed by atoms with van der Waals surface area (Å²) in [7, 11) is -3.06. The van der Waals surface area contributed by atoms with E-state index in [0.29, 0.717) is 5.17 Å². The zero-order valence-corrected chi connectivity index (χ0v) is 15.2. The fraction of sp³-hybridized carbons (Fsp3) is 0.467. The second-order valence-electron chi connectivity index (χ2n) is 5.81. The molecule has 2 aliphatic rings. The third-order valence-electron chi connectivity index (χ3n) is 4.24. The monoisotopic (exact) mass is 372 g/mol. The minimum absolute atomic E-state index is 0.0894. The first-order valence-electron chi connectivity index (χ1n) is 7.22. The molecule has 0 unspecified atom stereocenters. The van der Waals surface area contributed by atoms with Gasteiger partial charge >= 0.3 is 0 Å². The zero-order chi connectivity index (χ0) is 16.8. The lowest BCUT2D eigenvalue weighted by molar-refractivity contribution is -0.115. The molecule has 124 valence electrons. The number of thioether (sulfide) groups is 1. The van der Waals surface area contributed by atoms with Crippen LogP contribution < -0.4 is 4.90 Å². The summed E-state index contributed by atoms with van der Waals surface area (Å²) in [6.45, 7) is 4.00. The van der Waals surface area contributed by atoms with E-state index < -0.39 is 15.7 Å². The normalized spacial score (nSPS) is 27.4. The summed E-state index contributed by atoms with van der Waals surface area (Å²) in [6.07, 6.45) is 0. The average molecular weight is 373 g/mol. The molecular formula is C15H17ClN2O3S2. The second kappa shape index (κ2) is 6.11. The Kier molecular flexibility index (Phi) is 4.46. The van der Waals surface area contributed by atoms with Crippen molar-refractivity contribution in [2.75, 3.05) is 22.3 Å². The number of halogens is 1. The van der Waals surface area contributed by atoms with Crippen LogP contribution in [-0.4, -0.2) is 48.2 Å². The number of carbonyl (C=O) groups excluding carboxylic acids is 1. The third kappa shape index (κ3) is 3.14. The molecule has 0 spiro atoms. The van der Waals surface area contributed by atoms with Crippen LogP contribution in [0.4, 0.5) is 5.69 Å². The van der Waals surface area contributed by atoms with Crippen LogP contribution in [0.1, 0.15) is 11.1 Å². The van der Waals surface area contributed by atoms with Gasteiger partial charge in [0.1, 0.15) is 5.88 Å². The molecule has 0 N–H and O–H groups in total. The van der Waals surface area contributed by atoms with Crippen molar-refractivity contribution in [2.45, 2.75) is 25.1 Å². The van der Waals surface area contributed by atoms with Gasteiger partial charge in [0.2, 0.25) is 0 Å². The molecule has 23 heavy (non-hydrogen) atoms. The van der Waals surface area contributed by atoms with Crippen molar-refractivity contribution in [3.05, 3.63) is 29.3 Å². The number of rotatable bonds is 2. The van der Waals surface area contributed by atoms with Gasteiger partial charge in [0.05, 0.1) is 17.5 Å². The SMILES string of the molecule is Cc1cccc(N2C(=NC(=O)CCl)S[C@H]3CS(=O)(=O)C[C@@H]32)c1C. The molecule has 2 fully saturated rings. The average Bonchev–Trinajstić information content (AvgIpc) is 2.93. The van der Waals surface area contributed by atoms with E-state index in [9.17, 15) is 13.2 Å². The Hall–Kier alpha value is -1.05. The minimum atomic E-state index is -3.06. The van der Waals surface area contributed by atoms with Crippen LogP contribution in [0.2, 0.25) is 0 Å². The minimum Gasteiger partial charge on any atom is -0.315 e. The van der Waals surface area contributed by atoms with Crippen molar-refractivity contribution < 1.29 is 13.2 Å². The lowest BCUT2D eigenvalue weighted by Crippen LogP contribution is -2.38. The summed E-state index contributed by atoms with van der Waals surface area (Å²) >= 11 is 6.93. The van der Waals surface area contributed by atoms with Gasteiger partial charge in [-0.2, -0.15) is 4.99 Å². The lowest BCUT2D eigenvalue weighted by atomic mass is 10.1. The van der Waals surface area contributed by atoms with Gasteiger partial charge < -0.3 is 4.90 Å². The largest absolute Gasteiger partial charge is 0.315 e. The van der Waals surface area contributed by atoms with E-state index in [4.69, 9.17) is 11.6 Å². The van der Waals surface area contributed by atoms with E-state index in [0.717, 1.165) is 16.8 Å². The van der Waals surface area contributed by atoms with E-state index in [-0.39, 0.29) is 28.7 Å². The van der Waals surface area contributed by atoms with Crippen LogP contribution >= 0.6 is 23.4 Å². The van der Waals surface area contributed by atoms with E-state index in [1.165, 1.54) is 11.8 Å². The highest BCUT2D eigenvalue weighted by molar-refractivity contribution is 8.16. The topological polar surface area (TPSA) is 66.8 Å². The molecule has 0 bridgehead atoms. The predicted molar refractivity (Wildman–Crippen MR) is 95.4 cm³/mol. The van der Waals surface area contributed by atoms with Crippen LogP contribution in [-0.2, 0) is 14.6 Å². The molecule has 8 heteroatoms. The summed E-state index contributed by atoms with van der Waals surface area (Å²) in [5.41, 5.74) is 3.08. The number of amides is 1. The van der Waals surface area contributed by atoms with Gasteiger partial charge in [-0.3, -0.25) is 4.79 Å². The van der Waals surface area contributed by atoms with Gasteiger partial charge in [0.15, 0.2) is 15.0 Å². The molecule has 0 aromatic heterocycles. The summed E-state index contributed by atoms with van der Waals surface area (Å²) in [5, 5.41) is 0.455. The first kappa shape index (κ1) is 16.8. The van der Waals surface area contributed by atoms with Crippen molar-refractivity contribution in [1.29, 1.82) is 0 Å². The molecule has 1 aromatic rings. The van der Waals surface area contributed by atoms with Crippen molar-refractivity contribution in [1.82, 2.24) is 0 Å². The first-order chi connectivity index (χ1) is 10.8. The van der Waals surface area contributed by atoms with Gasteiger partial charge in [-0.15, -0.1) is 11.6 Å². The Morgan fingerprint density at radius 1 is 1.39 bits per heavy atom. The van der Waals surface area contributed by atoms with Crippen LogP contribution in [0.3, 0.4) is 0 Å². The van der Waals surface area contributed by atoms with Gasteiger partial charge in [-0.05, 0) is 31.0 Å². The fourth-order valence-electron chi connectivity index (χ4n) is 2.98. The Bertz CT molecular complexity index is 792. The van der Waals surface area contributed by atoms with Gasteiger partial charge in [0, 0.05) is 10.9 Å². The number of carbonyl (C=O) groups is 1. The Morgan fingerprint density at radius 3 is 2.83 bits per heavy atom. The lowest BCUT2D eigenvalue weighted by Gasteiger charge is -2.26. The maximum absolute atomic E-state index is 12.0. The number of fused-ring (bicyclic) bond motifs is 1. The number of anilines is 1. The number of sulfone groups is 1. The number of nitrogens with zero attached hydrogens (tertiary/aromatic N) is 2. The van der Waals surface area contributed by atoms with Gasteiger partial charge in [0.25, 0.3) is 5.91 Å². The molecule has 0 radical (unpaired) electrons. The highest BCUT2D eigenvalue weighted by Gasteiger charge is 2.49. The van der Waals surface area contributed by atoms with Crippen molar-refractivity contribution in [2.24, 2.45) is 4.99 Å². The van der Waals surface area contributed by atoms with E-state index in [2.05, 4.69) is 4.99 Å². The molecule has 2 aliphatic heterocycles. The quantitative estimate of drug-likeness (QED) is 0.744. The Morgan fingerprint density at radius 2 is 2.13 bits per heavy atom. The number of aryl methyl sites for hydroxylation is 1. The number of aliphatic imine (C=N–C) groups is 1. The zero-order valence-electron chi connectivity index (χ0n) is 12.8. The molecule has 1 aromatic carbocycles. The molecule has 2 heterocycles. The summed E-state index contributed by atoms with van der Waals surface area (Å²) < 4.78 is 24.0. The van der Waals surface area contributed by atoms with Crippen LogP contribution in [0.5, 0.6) is 0 Å². The maximum atomic E-state index is 12.0. The Balaban J connectivity index is 2.09. The Labute approximate surface area is 145 Å². The summed E-state index contributed by atoms with van der Waals surface area (Å²) in [5.74, 6) is -0.380. The van der Waals surface area contributed by atoms with E-state index in [1.54, 1.807) is 0 Å². The predicted octanol–water partition coefficient (Wildman–Crippen LogP) is 2.14. The van der Waals surface area contributed by atoms with Gasteiger partial charge in [-0.1, -0.05) is 23.9 Å². The highest BCUT2D eigenvalue weighted by Crippen LogP contribution is 2.42.